The summed E-state index contributed by atoms with van der Waals surface area (Å²) in [6, 6.07) is 2.90. The molecule has 0 aromatic carbocycles. The van der Waals surface area contributed by atoms with Crippen molar-refractivity contribution in [2.75, 3.05) is 0 Å². The molecule has 19 heavy (non-hydrogen) atoms. The molecule has 1 heterocycles. The fraction of sp³-hybridized carbons (Fsp3) is 0.812. The zero-order valence-corrected chi connectivity index (χ0v) is 13.0. The van der Waals surface area contributed by atoms with Crippen LogP contribution in [0.15, 0.2) is 6.07 Å². The van der Waals surface area contributed by atoms with Gasteiger partial charge in [-0.15, -0.1) is 0 Å². The molecular formula is C16H29N3. The Morgan fingerprint density at radius 2 is 2.16 bits per heavy atom. The summed E-state index contributed by atoms with van der Waals surface area (Å²) < 4.78 is 2.14. The largest absolute Gasteiger partial charge is 0.308 e. The smallest absolute Gasteiger partial charge is 0.0625 e. The van der Waals surface area contributed by atoms with Gasteiger partial charge in [0.25, 0.3) is 0 Å². The minimum absolute atomic E-state index is 0.433. The van der Waals surface area contributed by atoms with Crippen molar-refractivity contribution < 1.29 is 0 Å². The SMILES string of the molecule is CCc1cc(CNC2CCCCC2(C)C)n(CC)n1. The number of aryl methyl sites for hydroxylation is 2. The highest BCUT2D eigenvalue weighted by molar-refractivity contribution is 5.10. The summed E-state index contributed by atoms with van der Waals surface area (Å²) in [6.45, 7) is 11.1. The minimum Gasteiger partial charge on any atom is -0.308 e. The first-order valence-corrected chi connectivity index (χ1v) is 7.85. The van der Waals surface area contributed by atoms with Crippen molar-refractivity contribution >= 4 is 0 Å². The van der Waals surface area contributed by atoms with Gasteiger partial charge in [0.2, 0.25) is 0 Å². The molecule has 0 aliphatic heterocycles. The standard InChI is InChI=1S/C16H29N3/c1-5-13-11-14(19(6-2)18-13)12-17-15-9-7-8-10-16(15,3)4/h11,15,17H,5-10,12H2,1-4H3. The number of rotatable bonds is 5. The van der Waals surface area contributed by atoms with E-state index in [1.54, 1.807) is 0 Å². The predicted octanol–water partition coefficient (Wildman–Crippen LogP) is 3.52. The lowest BCUT2D eigenvalue weighted by atomic mass is 9.73. The zero-order chi connectivity index (χ0) is 13.9. The van der Waals surface area contributed by atoms with Crippen LogP contribution in [0.1, 0.15) is 64.8 Å². The van der Waals surface area contributed by atoms with Crippen molar-refractivity contribution in [3.05, 3.63) is 17.5 Å². The monoisotopic (exact) mass is 263 g/mol. The molecule has 1 atom stereocenters. The van der Waals surface area contributed by atoms with E-state index in [2.05, 4.69) is 48.9 Å². The van der Waals surface area contributed by atoms with E-state index in [1.165, 1.54) is 37.1 Å². The van der Waals surface area contributed by atoms with Crippen LogP contribution in [-0.2, 0) is 19.5 Å². The molecule has 2 rings (SSSR count). The van der Waals surface area contributed by atoms with Crippen molar-refractivity contribution in [2.45, 2.75) is 78.9 Å². The van der Waals surface area contributed by atoms with Crippen LogP contribution in [-0.4, -0.2) is 15.8 Å². The molecule has 1 unspecified atom stereocenters. The summed E-state index contributed by atoms with van der Waals surface area (Å²) in [6.07, 6.45) is 6.44. The molecule has 0 radical (unpaired) electrons. The molecule has 1 fully saturated rings. The third-order valence-electron chi connectivity index (χ3n) is 4.61. The van der Waals surface area contributed by atoms with Gasteiger partial charge in [-0.3, -0.25) is 4.68 Å². The lowest BCUT2D eigenvalue weighted by Gasteiger charge is -2.39. The van der Waals surface area contributed by atoms with Gasteiger partial charge >= 0.3 is 0 Å². The molecule has 1 N–H and O–H groups in total. The van der Waals surface area contributed by atoms with E-state index in [0.717, 1.165) is 19.5 Å². The zero-order valence-electron chi connectivity index (χ0n) is 13.0. The van der Waals surface area contributed by atoms with Crippen molar-refractivity contribution in [2.24, 2.45) is 5.41 Å². The lowest BCUT2D eigenvalue weighted by Crippen LogP contribution is -2.44. The van der Waals surface area contributed by atoms with Crippen LogP contribution in [0.2, 0.25) is 0 Å². The van der Waals surface area contributed by atoms with Gasteiger partial charge < -0.3 is 5.32 Å². The third kappa shape index (κ3) is 3.38. The fourth-order valence-electron chi connectivity index (χ4n) is 3.20. The lowest BCUT2D eigenvalue weighted by molar-refractivity contribution is 0.166. The average Bonchev–Trinajstić information content (AvgIpc) is 2.79. The summed E-state index contributed by atoms with van der Waals surface area (Å²) in [5.74, 6) is 0. The van der Waals surface area contributed by atoms with Gasteiger partial charge in [-0.05, 0) is 37.7 Å². The number of nitrogens with zero attached hydrogens (tertiary/aromatic N) is 2. The van der Waals surface area contributed by atoms with Gasteiger partial charge in [0.1, 0.15) is 0 Å². The second kappa shape index (κ2) is 6.08. The molecule has 1 saturated carbocycles. The molecule has 0 amide bonds. The van der Waals surface area contributed by atoms with Crippen LogP contribution in [0.3, 0.4) is 0 Å². The number of nitrogens with one attached hydrogen (secondary N) is 1. The first-order valence-electron chi connectivity index (χ1n) is 7.85. The van der Waals surface area contributed by atoms with Gasteiger partial charge in [0.05, 0.1) is 11.4 Å². The average molecular weight is 263 g/mol. The van der Waals surface area contributed by atoms with Crippen molar-refractivity contribution in [1.29, 1.82) is 0 Å². The van der Waals surface area contributed by atoms with Crippen LogP contribution >= 0.6 is 0 Å². The van der Waals surface area contributed by atoms with E-state index in [0.29, 0.717) is 11.5 Å². The topological polar surface area (TPSA) is 29.9 Å². The van der Waals surface area contributed by atoms with Crippen LogP contribution in [0.4, 0.5) is 0 Å². The van der Waals surface area contributed by atoms with Crippen LogP contribution in [0.25, 0.3) is 0 Å². The summed E-state index contributed by atoms with van der Waals surface area (Å²) in [7, 11) is 0. The Labute approximate surface area is 117 Å². The predicted molar refractivity (Wildman–Crippen MR) is 80.2 cm³/mol. The molecule has 3 heteroatoms. The van der Waals surface area contributed by atoms with Crippen LogP contribution < -0.4 is 5.32 Å². The Kier molecular flexibility index (Phi) is 4.67. The van der Waals surface area contributed by atoms with Crippen LogP contribution in [0.5, 0.6) is 0 Å². The Bertz CT molecular complexity index is 406. The summed E-state index contributed by atoms with van der Waals surface area (Å²) in [5.41, 5.74) is 2.98. The molecule has 108 valence electrons. The summed E-state index contributed by atoms with van der Waals surface area (Å²) in [5, 5.41) is 8.40. The second-order valence-electron chi connectivity index (χ2n) is 6.46. The van der Waals surface area contributed by atoms with Crippen molar-refractivity contribution in [3.63, 3.8) is 0 Å². The Morgan fingerprint density at radius 3 is 2.79 bits per heavy atom. The molecule has 0 bridgehead atoms. The van der Waals surface area contributed by atoms with E-state index in [9.17, 15) is 0 Å². The molecule has 1 aliphatic rings. The van der Waals surface area contributed by atoms with Crippen LogP contribution in [0, 0.1) is 5.41 Å². The Balaban J connectivity index is 1.99. The normalized spacial score (nSPS) is 22.6. The number of hydrogen-bond donors (Lipinski definition) is 1. The fourth-order valence-corrected chi connectivity index (χ4v) is 3.20. The van der Waals surface area contributed by atoms with Crippen molar-refractivity contribution in [1.82, 2.24) is 15.1 Å². The van der Waals surface area contributed by atoms with E-state index >= 15 is 0 Å². The highest BCUT2D eigenvalue weighted by Crippen LogP contribution is 2.35. The van der Waals surface area contributed by atoms with Gasteiger partial charge in [0.15, 0.2) is 0 Å². The van der Waals surface area contributed by atoms with Gasteiger partial charge in [0, 0.05) is 19.1 Å². The highest BCUT2D eigenvalue weighted by Gasteiger charge is 2.31. The van der Waals surface area contributed by atoms with Gasteiger partial charge in [-0.2, -0.15) is 5.10 Å². The minimum atomic E-state index is 0.433. The first kappa shape index (κ1) is 14.6. The molecule has 3 nitrogen and oxygen atoms in total. The van der Waals surface area contributed by atoms with E-state index in [-0.39, 0.29) is 0 Å². The Morgan fingerprint density at radius 1 is 1.37 bits per heavy atom. The number of aromatic nitrogens is 2. The summed E-state index contributed by atoms with van der Waals surface area (Å²) >= 11 is 0. The maximum absolute atomic E-state index is 4.62. The van der Waals surface area contributed by atoms with Gasteiger partial charge in [-0.1, -0.05) is 33.6 Å². The maximum Gasteiger partial charge on any atom is 0.0625 e. The molecule has 1 aliphatic carbocycles. The highest BCUT2D eigenvalue weighted by atomic mass is 15.3. The third-order valence-corrected chi connectivity index (χ3v) is 4.61. The van der Waals surface area contributed by atoms with E-state index in [4.69, 9.17) is 0 Å². The first-order chi connectivity index (χ1) is 9.06. The summed E-state index contributed by atoms with van der Waals surface area (Å²) in [4.78, 5) is 0. The number of hydrogen-bond acceptors (Lipinski definition) is 2. The van der Waals surface area contributed by atoms with Crippen molar-refractivity contribution in [3.8, 4) is 0 Å². The van der Waals surface area contributed by atoms with E-state index < -0.39 is 0 Å². The maximum atomic E-state index is 4.62. The van der Waals surface area contributed by atoms with Gasteiger partial charge in [-0.25, -0.2) is 0 Å². The molecule has 0 saturated heterocycles. The molecular weight excluding hydrogens is 234 g/mol. The quantitative estimate of drug-likeness (QED) is 0.881. The second-order valence-corrected chi connectivity index (χ2v) is 6.46. The van der Waals surface area contributed by atoms with E-state index in [1.807, 2.05) is 0 Å². The molecule has 1 aromatic heterocycles. The Hall–Kier alpha value is -0.830. The molecule has 0 spiro atoms. The molecule has 1 aromatic rings.